The molecule has 10 heteroatoms. The van der Waals surface area contributed by atoms with Crippen LogP contribution in [0.2, 0.25) is 0 Å². The number of hydrogen-bond acceptors (Lipinski definition) is 9. The molecule has 0 fully saturated rings. The second-order valence-corrected chi connectivity index (χ2v) is 11.4. The molecule has 0 saturated heterocycles. The fraction of sp³-hybridized carbons (Fsp3) is 0.444. The van der Waals surface area contributed by atoms with Crippen LogP contribution in [0.5, 0.6) is 5.75 Å². The number of likely N-dealkylation sites (N-methyl/N-ethyl adjacent to an activating group) is 1. The number of benzene rings is 1. The molecule has 0 saturated carbocycles. The van der Waals surface area contributed by atoms with E-state index >= 15 is 0 Å². The van der Waals surface area contributed by atoms with Crippen molar-refractivity contribution in [2.45, 2.75) is 38.3 Å². The molecule has 0 spiro atoms. The number of fused-ring (bicyclic) bond motifs is 4. The molecule has 6 rings (SSSR count). The highest BCUT2D eigenvalue weighted by Gasteiger charge is 2.33. The smallest absolute Gasteiger partial charge is 0.204 e. The molecule has 0 amide bonds. The number of ether oxygens (including phenoxy) is 1. The Morgan fingerprint density at radius 1 is 1.27 bits per heavy atom. The molecule has 4 heterocycles. The second-order valence-electron chi connectivity index (χ2n) is 10.1. The van der Waals surface area contributed by atoms with Gasteiger partial charge in [0, 0.05) is 41.9 Å². The molecule has 194 valence electrons. The first-order valence-corrected chi connectivity index (χ1v) is 13.7. The number of rotatable bonds is 7. The number of anilines is 2. The van der Waals surface area contributed by atoms with Gasteiger partial charge in [0.15, 0.2) is 17.5 Å². The fourth-order valence-electron chi connectivity index (χ4n) is 5.31. The number of hydrogen-bond donors (Lipinski definition) is 3. The van der Waals surface area contributed by atoms with Crippen LogP contribution in [0.3, 0.4) is 0 Å². The first-order valence-electron chi connectivity index (χ1n) is 12.8. The summed E-state index contributed by atoms with van der Waals surface area (Å²) in [5.74, 6) is 2.74. The van der Waals surface area contributed by atoms with E-state index in [0.717, 1.165) is 48.1 Å². The highest BCUT2D eigenvalue weighted by Crippen LogP contribution is 2.41. The summed E-state index contributed by atoms with van der Waals surface area (Å²) < 4.78 is 6.24. The first-order chi connectivity index (χ1) is 18.0. The van der Waals surface area contributed by atoms with E-state index in [4.69, 9.17) is 14.7 Å². The lowest BCUT2D eigenvalue weighted by atomic mass is 9.91. The number of aliphatic hydroxyl groups is 1. The fourth-order valence-corrected chi connectivity index (χ4v) is 6.03. The van der Waals surface area contributed by atoms with Crippen molar-refractivity contribution in [1.29, 1.82) is 0 Å². The van der Waals surface area contributed by atoms with E-state index in [1.54, 1.807) is 11.3 Å². The average molecular weight is 520 g/mol. The van der Waals surface area contributed by atoms with E-state index in [1.807, 2.05) is 13.1 Å². The maximum Gasteiger partial charge on any atom is 0.204 e. The lowest BCUT2D eigenvalue weighted by molar-refractivity contribution is 0.184. The van der Waals surface area contributed by atoms with Crippen LogP contribution < -0.4 is 15.0 Å². The Morgan fingerprint density at radius 3 is 2.92 bits per heavy atom. The molecule has 0 radical (unpaired) electrons. The Hall–Kier alpha value is -3.21. The van der Waals surface area contributed by atoms with Gasteiger partial charge in [-0.2, -0.15) is 0 Å². The Bertz CT molecular complexity index is 1420. The molecule has 0 unspecified atom stereocenters. The van der Waals surface area contributed by atoms with Crippen molar-refractivity contribution in [3.8, 4) is 16.5 Å². The molecule has 3 aromatic heterocycles. The number of aromatic nitrogens is 4. The van der Waals surface area contributed by atoms with E-state index in [-0.39, 0.29) is 18.7 Å². The van der Waals surface area contributed by atoms with Gasteiger partial charge >= 0.3 is 0 Å². The summed E-state index contributed by atoms with van der Waals surface area (Å²) in [6.07, 6.45) is 4.73. The number of aromatic amines is 1. The van der Waals surface area contributed by atoms with Crippen LogP contribution >= 0.6 is 11.3 Å². The highest BCUT2D eigenvalue weighted by molar-refractivity contribution is 7.14. The molecule has 0 bridgehead atoms. The van der Waals surface area contributed by atoms with Crippen molar-refractivity contribution in [2.75, 3.05) is 50.6 Å². The second kappa shape index (κ2) is 9.92. The van der Waals surface area contributed by atoms with Gasteiger partial charge in [0.05, 0.1) is 22.5 Å². The molecule has 4 aromatic rings. The van der Waals surface area contributed by atoms with Gasteiger partial charge in [0.2, 0.25) is 5.75 Å². The molecular weight excluding hydrogens is 486 g/mol. The molecule has 3 N–H and O–H groups in total. The largest absolute Gasteiger partial charge is 0.484 e. The summed E-state index contributed by atoms with van der Waals surface area (Å²) in [4.78, 5) is 23.2. The molecule has 2 aliphatic rings. The van der Waals surface area contributed by atoms with E-state index in [9.17, 15) is 5.11 Å². The van der Waals surface area contributed by atoms with Crippen molar-refractivity contribution in [2.24, 2.45) is 0 Å². The van der Waals surface area contributed by atoms with Crippen LogP contribution in [0.4, 0.5) is 11.6 Å². The van der Waals surface area contributed by atoms with Gasteiger partial charge in [-0.3, -0.25) is 0 Å². The Kier molecular flexibility index (Phi) is 6.48. The standard InChI is InChI=1S/C27H33N7O2S/c1-16-28-13-23(37-16)25-31-26(24-27(32-25)34(11-10-33(2)3)18(14-35)15-36-24)29-17-8-9-22-20(12-17)19-6-4-5-7-21(19)30-22/h4-7,13,17-18,30,35H,8-12,14-15H2,1-3H3,(H,29,31,32)/t17-,18-/m1/s1. The summed E-state index contributed by atoms with van der Waals surface area (Å²) in [7, 11) is 4.10. The minimum absolute atomic E-state index is 0.000593. The van der Waals surface area contributed by atoms with Crippen molar-refractivity contribution < 1.29 is 9.84 Å². The van der Waals surface area contributed by atoms with Crippen LogP contribution in [-0.4, -0.2) is 82.4 Å². The zero-order valence-electron chi connectivity index (χ0n) is 21.5. The molecule has 2 atom stereocenters. The number of thiazole rings is 1. The molecule has 1 aliphatic heterocycles. The Balaban J connectivity index is 1.38. The van der Waals surface area contributed by atoms with E-state index < -0.39 is 0 Å². The average Bonchev–Trinajstić information content (AvgIpc) is 3.50. The van der Waals surface area contributed by atoms with Crippen LogP contribution in [0.15, 0.2) is 30.5 Å². The van der Waals surface area contributed by atoms with Crippen molar-refractivity contribution in [3.05, 3.63) is 46.7 Å². The molecule has 37 heavy (non-hydrogen) atoms. The monoisotopic (exact) mass is 519 g/mol. The predicted molar refractivity (Wildman–Crippen MR) is 148 cm³/mol. The quantitative estimate of drug-likeness (QED) is 0.341. The van der Waals surface area contributed by atoms with Gasteiger partial charge in [0.1, 0.15) is 6.61 Å². The Morgan fingerprint density at radius 2 is 2.14 bits per heavy atom. The van der Waals surface area contributed by atoms with Gasteiger partial charge in [-0.1, -0.05) is 18.2 Å². The van der Waals surface area contributed by atoms with Crippen LogP contribution in [-0.2, 0) is 12.8 Å². The van der Waals surface area contributed by atoms with Crippen molar-refractivity contribution in [1.82, 2.24) is 24.8 Å². The Labute approximate surface area is 220 Å². The van der Waals surface area contributed by atoms with Crippen LogP contribution in [0.25, 0.3) is 21.6 Å². The normalized spacial score (nSPS) is 19.1. The van der Waals surface area contributed by atoms with Gasteiger partial charge in [0.25, 0.3) is 0 Å². The van der Waals surface area contributed by atoms with E-state index in [0.29, 0.717) is 24.0 Å². The van der Waals surface area contributed by atoms with Crippen LogP contribution in [0.1, 0.15) is 22.7 Å². The van der Waals surface area contributed by atoms with Crippen molar-refractivity contribution in [3.63, 3.8) is 0 Å². The summed E-state index contributed by atoms with van der Waals surface area (Å²) in [5.41, 5.74) is 3.92. The maximum absolute atomic E-state index is 10.1. The number of nitrogens with zero attached hydrogens (tertiary/aromatic N) is 5. The lowest BCUT2D eigenvalue weighted by Gasteiger charge is -2.38. The van der Waals surface area contributed by atoms with Gasteiger partial charge in [-0.25, -0.2) is 15.0 Å². The van der Waals surface area contributed by atoms with E-state index in [1.165, 1.54) is 22.2 Å². The number of aryl methyl sites for hydroxylation is 2. The number of nitrogens with one attached hydrogen (secondary N) is 2. The summed E-state index contributed by atoms with van der Waals surface area (Å²) in [5, 5.41) is 16.1. The zero-order valence-corrected chi connectivity index (χ0v) is 22.3. The highest BCUT2D eigenvalue weighted by atomic mass is 32.1. The SMILES string of the molecule is Cc1ncc(-c2nc(N[C@@H]3CCc4[nH]c5ccccc5c4C3)c3c(n2)N(CCN(C)C)[C@H](CO)CO3)s1. The molecule has 1 aromatic carbocycles. The molecule has 1 aliphatic carbocycles. The third kappa shape index (κ3) is 4.65. The molecular formula is C27H33N7O2S. The van der Waals surface area contributed by atoms with Gasteiger partial charge in [-0.15, -0.1) is 11.3 Å². The zero-order chi connectivity index (χ0) is 25.5. The number of para-hydroxylation sites is 1. The van der Waals surface area contributed by atoms with Crippen molar-refractivity contribution >= 4 is 33.9 Å². The maximum atomic E-state index is 10.1. The van der Waals surface area contributed by atoms with E-state index in [2.05, 4.69) is 63.4 Å². The summed E-state index contributed by atoms with van der Waals surface area (Å²) in [6, 6.07) is 8.59. The first kappa shape index (κ1) is 24.1. The van der Waals surface area contributed by atoms with Gasteiger partial charge in [-0.05, 0) is 51.9 Å². The number of H-pyrrole nitrogens is 1. The summed E-state index contributed by atoms with van der Waals surface area (Å²) in [6.45, 7) is 3.95. The minimum Gasteiger partial charge on any atom is -0.484 e. The predicted octanol–water partition coefficient (Wildman–Crippen LogP) is 3.48. The third-order valence-corrected chi connectivity index (χ3v) is 8.17. The summed E-state index contributed by atoms with van der Waals surface area (Å²) >= 11 is 1.58. The number of aliphatic hydroxyl groups excluding tert-OH is 1. The lowest BCUT2D eigenvalue weighted by Crippen LogP contribution is -2.48. The van der Waals surface area contributed by atoms with Gasteiger partial charge < -0.3 is 29.9 Å². The minimum atomic E-state index is -0.158. The topological polar surface area (TPSA) is 102 Å². The third-order valence-electron chi connectivity index (χ3n) is 7.26. The van der Waals surface area contributed by atoms with Crippen LogP contribution in [0, 0.1) is 6.92 Å². The molecule has 9 nitrogen and oxygen atoms in total.